The molecule has 0 aromatic heterocycles. The Balaban J connectivity index is 0.000000267. The van der Waals surface area contributed by atoms with E-state index < -0.39 is 91.0 Å². The number of rotatable bonds is 39. The van der Waals surface area contributed by atoms with Crippen LogP contribution in [0.15, 0.2) is 206 Å². The summed E-state index contributed by atoms with van der Waals surface area (Å²) in [5, 5.41) is 0.277. The van der Waals surface area contributed by atoms with Crippen LogP contribution < -0.4 is 52.7 Å². The van der Waals surface area contributed by atoms with Crippen molar-refractivity contribution in [3.05, 3.63) is 290 Å². The second-order valence-electron chi connectivity index (χ2n) is 35.6. The number of methoxy groups -OCH3 is 10. The molecular formula is C108H131O25P5. The zero-order valence-electron chi connectivity index (χ0n) is 84.2. The summed E-state index contributed by atoms with van der Waals surface area (Å²) in [5.74, 6) is 1.79. The third-order valence-electron chi connectivity index (χ3n) is 22.7. The molecular weight excluding hydrogens is 1850 g/mol. The van der Waals surface area contributed by atoms with Crippen LogP contribution in [0.4, 0.5) is 0 Å². The van der Waals surface area contributed by atoms with Crippen molar-refractivity contribution in [3.8, 4) is 57.5 Å². The van der Waals surface area contributed by atoms with Crippen LogP contribution in [0.5, 0.6) is 57.5 Å². The molecule has 0 heterocycles. The molecule has 0 saturated heterocycles. The van der Waals surface area contributed by atoms with Crippen LogP contribution >= 0.6 is 35.7 Å². The van der Waals surface area contributed by atoms with Gasteiger partial charge in [-0.3, -0.25) is 47.9 Å². The van der Waals surface area contributed by atoms with Gasteiger partial charge in [-0.05, 0) is 160 Å². The maximum atomic E-state index is 14.7. The SMILES string of the molecule is CCC(=O)P(=O)(CC(C)CC(C)(C)C)C(=O)c1c(OC)cccc1OC.CCP(=O)(C(=O)c1c(OC)cccc1OC)C(=O)c1c(OC)cccc1OC.CCP(=O)(C(=O)c1ccccc1)C(=O)c1ccccc1.COc1cccc(OC)c1C(=O)P(=O)(CC(C)CC(C)(C)C)C(=O)c1c(OC)cccc1OC.Cc1cc(C)c(C(=O)P(=O)(C(=O)c2c(C)cc(C)cc2C)c2ccccc2)c(C)c1. The highest BCUT2D eigenvalue weighted by Crippen LogP contribution is 2.61. The molecule has 0 N–H and O–H groups in total. The number of carbonyl (C=O) groups is 10. The van der Waals surface area contributed by atoms with Gasteiger partial charge >= 0.3 is 0 Å². The first-order chi connectivity index (χ1) is 65.0. The molecule has 10 aromatic carbocycles. The first-order valence-corrected chi connectivity index (χ1v) is 54.1. The number of aryl methyl sites for hydroxylation is 6. The average molecular weight is 1980 g/mol. The third-order valence-corrected chi connectivity index (χ3v) is 36.7. The maximum absolute atomic E-state index is 14.7. The smallest absolute Gasteiger partial charge is 0.248 e. The number of hydrogen-bond donors (Lipinski definition) is 0. The summed E-state index contributed by atoms with van der Waals surface area (Å²) in [4.78, 5) is 133. The largest absolute Gasteiger partial charge is 0.496 e. The molecule has 0 aliphatic rings. The fourth-order valence-corrected chi connectivity index (χ4v) is 28.5. The van der Waals surface area contributed by atoms with Crippen molar-refractivity contribution in [2.24, 2.45) is 22.7 Å². The average Bonchev–Trinajstić information content (AvgIpc) is 0.764. The molecule has 738 valence electrons. The molecule has 10 rings (SSSR count). The zero-order valence-corrected chi connectivity index (χ0v) is 88.6. The Morgan fingerprint density at radius 2 is 0.478 bits per heavy atom. The predicted molar refractivity (Wildman–Crippen MR) is 548 cm³/mol. The summed E-state index contributed by atoms with van der Waals surface area (Å²) < 4.78 is 122. The van der Waals surface area contributed by atoms with E-state index in [2.05, 4.69) is 41.5 Å². The molecule has 0 bridgehead atoms. The lowest BCUT2D eigenvalue weighted by Crippen LogP contribution is -2.23. The van der Waals surface area contributed by atoms with Gasteiger partial charge in [-0.25, -0.2) is 0 Å². The number of benzene rings is 10. The minimum absolute atomic E-state index is 0.0130. The van der Waals surface area contributed by atoms with E-state index in [4.69, 9.17) is 47.4 Å². The van der Waals surface area contributed by atoms with E-state index in [0.717, 1.165) is 39.8 Å². The van der Waals surface area contributed by atoms with Crippen molar-refractivity contribution < 1.29 is 118 Å². The second kappa shape index (κ2) is 50.6. The van der Waals surface area contributed by atoms with Crippen LogP contribution in [-0.4, -0.2) is 151 Å². The zero-order chi connectivity index (χ0) is 104. The molecule has 25 nitrogen and oxygen atoms in total. The molecule has 3 atom stereocenters. The van der Waals surface area contributed by atoms with Gasteiger partial charge in [0.1, 0.15) is 85.3 Å². The lowest BCUT2D eigenvalue weighted by atomic mass is 9.86. The Bertz CT molecular complexity index is 5910. The second-order valence-corrected chi connectivity index (χ2v) is 49.4. The van der Waals surface area contributed by atoms with Gasteiger partial charge in [0.2, 0.25) is 85.4 Å². The molecule has 0 radical (unpaired) electrons. The van der Waals surface area contributed by atoms with Crippen LogP contribution in [0, 0.1) is 64.2 Å². The quantitative estimate of drug-likeness (QED) is 0.0323. The highest BCUT2D eigenvalue weighted by Gasteiger charge is 2.50. The van der Waals surface area contributed by atoms with E-state index in [1.54, 1.807) is 196 Å². The van der Waals surface area contributed by atoms with Gasteiger partial charge in [0.15, 0.2) is 5.52 Å². The summed E-state index contributed by atoms with van der Waals surface area (Å²) in [7, 11) is -5.81. The number of hydrogen-bond acceptors (Lipinski definition) is 25. The van der Waals surface area contributed by atoms with Gasteiger partial charge < -0.3 is 70.2 Å². The molecule has 138 heavy (non-hydrogen) atoms. The molecule has 0 amide bonds. The Hall–Kier alpha value is -12.0. The van der Waals surface area contributed by atoms with E-state index in [-0.39, 0.29) is 144 Å². The lowest BCUT2D eigenvalue weighted by Gasteiger charge is -2.27. The van der Waals surface area contributed by atoms with Gasteiger partial charge in [-0.15, -0.1) is 0 Å². The summed E-state index contributed by atoms with van der Waals surface area (Å²) >= 11 is 0. The van der Waals surface area contributed by atoms with Crippen molar-refractivity contribution in [2.45, 2.75) is 137 Å². The molecule has 0 spiro atoms. The van der Waals surface area contributed by atoms with E-state index in [0.29, 0.717) is 28.7 Å². The van der Waals surface area contributed by atoms with Gasteiger partial charge in [0.05, 0.1) is 71.1 Å². The number of carbonyl (C=O) groups excluding carboxylic acids is 10. The number of ether oxygens (including phenoxy) is 10. The van der Waals surface area contributed by atoms with Gasteiger partial charge in [0.25, 0.3) is 0 Å². The highest BCUT2D eigenvalue weighted by atomic mass is 31.2. The van der Waals surface area contributed by atoms with Crippen molar-refractivity contribution in [2.75, 3.05) is 95.7 Å². The Kier molecular flexibility index (Phi) is 42.1. The molecule has 30 heteroatoms. The summed E-state index contributed by atoms with van der Waals surface area (Å²) in [6, 6.07) is 56.7. The van der Waals surface area contributed by atoms with Crippen LogP contribution in [0.3, 0.4) is 0 Å². The third kappa shape index (κ3) is 26.9. The lowest BCUT2D eigenvalue weighted by molar-refractivity contribution is -0.111. The monoisotopic (exact) mass is 1980 g/mol. The van der Waals surface area contributed by atoms with Crippen molar-refractivity contribution in [1.82, 2.24) is 0 Å². The first kappa shape index (κ1) is 115. The summed E-state index contributed by atoms with van der Waals surface area (Å²) in [6.07, 6.45) is 1.32. The molecule has 3 unspecified atom stereocenters. The molecule has 10 aromatic rings. The van der Waals surface area contributed by atoms with E-state index in [1.807, 2.05) is 79.7 Å². The minimum Gasteiger partial charge on any atom is -0.496 e. The van der Waals surface area contributed by atoms with Gasteiger partial charge in [-0.1, -0.05) is 233 Å². The first-order valence-electron chi connectivity index (χ1n) is 44.8. The van der Waals surface area contributed by atoms with Crippen LogP contribution in [0.25, 0.3) is 0 Å². The van der Waals surface area contributed by atoms with Crippen molar-refractivity contribution in [3.63, 3.8) is 0 Å². The van der Waals surface area contributed by atoms with E-state index >= 15 is 0 Å². The Labute approximate surface area is 812 Å². The van der Waals surface area contributed by atoms with Crippen LogP contribution in [-0.2, 0) is 27.6 Å². The van der Waals surface area contributed by atoms with Crippen molar-refractivity contribution >= 4 is 96.3 Å². The fourth-order valence-electron chi connectivity index (χ4n) is 16.8. The maximum Gasteiger partial charge on any atom is 0.248 e. The highest BCUT2D eigenvalue weighted by molar-refractivity contribution is 8.01. The van der Waals surface area contributed by atoms with Crippen LogP contribution in [0.2, 0.25) is 0 Å². The molecule has 0 aliphatic heterocycles. The molecule has 0 saturated carbocycles. The summed E-state index contributed by atoms with van der Waals surface area (Å²) in [5.41, 5.74) is -0.407. The van der Waals surface area contributed by atoms with E-state index in [9.17, 15) is 70.8 Å². The summed E-state index contributed by atoms with van der Waals surface area (Å²) in [6.45, 7) is 32.3. The van der Waals surface area contributed by atoms with Crippen molar-refractivity contribution in [1.29, 1.82) is 0 Å². The Morgan fingerprint density at radius 3 is 0.696 bits per heavy atom. The fraction of sp³-hybridized carbons (Fsp3) is 0.352. The normalized spacial score (nSPS) is 12.2. The van der Waals surface area contributed by atoms with Gasteiger partial charge in [-0.2, -0.15) is 0 Å². The van der Waals surface area contributed by atoms with Crippen LogP contribution in [0.1, 0.15) is 222 Å². The molecule has 0 fully saturated rings. The molecule has 0 aliphatic carbocycles. The predicted octanol–water partition coefficient (Wildman–Crippen LogP) is 25.7. The minimum atomic E-state index is -4.25. The van der Waals surface area contributed by atoms with Gasteiger partial charge in [0, 0.05) is 58.6 Å². The standard InChI is InChI=1S/C26H35O7P.C26H27O3P.C20H23O7P.C20H31O5P.C16H15O3P/c1-17(15-26(2,3)4)16-34(29,24(27)22-18(30-5)11-9-12-19(22)31-6)25(28)23-20(32-7)13-10-14-21(23)33-8;1-16-12-18(3)23(19(4)13-16)25(27)30(29,22-10-8-7-9-11-22)26(28)24-20(5)14-17(2)15-21(24)6;1-6-28(23,19(21)17-13(24-2)9-7-10-14(17)25-3)20(22)18-15(26-4)11-8-12-16(18)27-5;1-8-17(21)26(23,13-14(2)12-20(3,4)5)19(22)18-15(24-6)10-9-11-16(18)25-7;1-2-20(19,15(17)13-9-5-3-6-10-13)16(18)14-11-7-4-8-12-14/h9-14,17H,15-16H2,1-8H3;7-15H,1-6H3;7-12H,6H2,1-5H3;9-11,14H,8,12-13H2,1-7H3;3-12H,2H2,1H3. The topological polar surface area (TPSA) is 348 Å². The Morgan fingerprint density at radius 1 is 0.268 bits per heavy atom. The van der Waals surface area contributed by atoms with E-state index in [1.165, 1.54) is 78.0 Å².